The summed E-state index contributed by atoms with van der Waals surface area (Å²) in [6.45, 7) is 4.08. The van der Waals surface area contributed by atoms with Crippen molar-refractivity contribution in [2.24, 2.45) is 5.41 Å². The van der Waals surface area contributed by atoms with Crippen molar-refractivity contribution in [3.63, 3.8) is 0 Å². The molecule has 1 aromatic carbocycles. The van der Waals surface area contributed by atoms with Gasteiger partial charge in [-0.15, -0.1) is 0 Å². The van der Waals surface area contributed by atoms with E-state index in [9.17, 15) is 4.79 Å². The van der Waals surface area contributed by atoms with Crippen LogP contribution in [-0.4, -0.2) is 42.5 Å². The molecule has 0 saturated carbocycles. The highest BCUT2D eigenvalue weighted by Crippen LogP contribution is 2.41. The number of methoxy groups -OCH3 is 1. The molecule has 25 heavy (non-hydrogen) atoms. The number of carbonyl (C=O) groups excluding carboxylic acids is 1. The van der Waals surface area contributed by atoms with Gasteiger partial charge < -0.3 is 14.1 Å². The molecule has 2 aliphatic heterocycles. The molecule has 3 heterocycles. The fourth-order valence-corrected chi connectivity index (χ4v) is 4.13. The van der Waals surface area contributed by atoms with Gasteiger partial charge in [-0.3, -0.25) is 9.69 Å². The number of amides is 1. The molecule has 4 rings (SSSR count). The molecule has 1 unspecified atom stereocenters. The Balaban J connectivity index is 1.41. The van der Waals surface area contributed by atoms with Crippen molar-refractivity contribution in [2.45, 2.75) is 25.9 Å². The zero-order valence-corrected chi connectivity index (χ0v) is 14.6. The highest BCUT2D eigenvalue weighted by atomic mass is 16.5. The lowest BCUT2D eigenvalue weighted by molar-refractivity contribution is -0.136. The molecule has 0 aliphatic carbocycles. The lowest BCUT2D eigenvalue weighted by Crippen LogP contribution is -2.36. The third-order valence-corrected chi connectivity index (χ3v) is 5.50. The summed E-state index contributed by atoms with van der Waals surface area (Å²) in [5.74, 6) is 2.11. The molecule has 132 valence electrons. The van der Waals surface area contributed by atoms with E-state index in [-0.39, 0.29) is 5.41 Å². The van der Waals surface area contributed by atoms with E-state index < -0.39 is 0 Å². The molecule has 0 bridgehead atoms. The Kier molecular flexibility index (Phi) is 4.25. The molecule has 2 fully saturated rings. The van der Waals surface area contributed by atoms with Crippen molar-refractivity contribution in [1.29, 1.82) is 0 Å². The van der Waals surface area contributed by atoms with Crippen LogP contribution in [-0.2, 0) is 17.9 Å². The number of nitrogens with zero attached hydrogens (tertiary/aromatic N) is 2. The van der Waals surface area contributed by atoms with E-state index >= 15 is 0 Å². The topological polar surface area (TPSA) is 45.9 Å². The van der Waals surface area contributed by atoms with E-state index in [2.05, 4.69) is 11.0 Å². The average molecular weight is 340 g/mol. The van der Waals surface area contributed by atoms with Crippen LogP contribution in [0.5, 0.6) is 5.75 Å². The van der Waals surface area contributed by atoms with Crippen LogP contribution in [0, 0.1) is 5.41 Å². The first kappa shape index (κ1) is 16.2. The van der Waals surface area contributed by atoms with E-state index in [1.807, 2.05) is 35.2 Å². The van der Waals surface area contributed by atoms with E-state index in [4.69, 9.17) is 9.15 Å². The summed E-state index contributed by atoms with van der Waals surface area (Å²) in [6, 6.07) is 11.9. The quantitative estimate of drug-likeness (QED) is 0.840. The average Bonchev–Trinajstić information content (AvgIpc) is 3.35. The summed E-state index contributed by atoms with van der Waals surface area (Å²) in [4.78, 5) is 17.4. The fourth-order valence-electron chi connectivity index (χ4n) is 4.13. The Labute approximate surface area is 148 Å². The van der Waals surface area contributed by atoms with Gasteiger partial charge in [0.2, 0.25) is 5.91 Å². The van der Waals surface area contributed by atoms with E-state index in [1.54, 1.807) is 13.4 Å². The Bertz CT molecular complexity index is 743. The maximum absolute atomic E-state index is 13.1. The second kappa shape index (κ2) is 6.56. The third-order valence-electron chi connectivity index (χ3n) is 5.50. The molecule has 2 saturated heterocycles. The van der Waals surface area contributed by atoms with E-state index in [0.717, 1.165) is 56.1 Å². The monoisotopic (exact) mass is 340 g/mol. The van der Waals surface area contributed by atoms with Gasteiger partial charge in [-0.2, -0.15) is 0 Å². The normalized spacial score (nSPS) is 23.7. The molecule has 1 atom stereocenters. The van der Waals surface area contributed by atoms with Crippen molar-refractivity contribution >= 4 is 5.91 Å². The largest absolute Gasteiger partial charge is 0.497 e. The Morgan fingerprint density at radius 2 is 2.04 bits per heavy atom. The van der Waals surface area contributed by atoms with Gasteiger partial charge in [-0.25, -0.2) is 0 Å². The van der Waals surface area contributed by atoms with Crippen molar-refractivity contribution in [3.05, 3.63) is 54.0 Å². The van der Waals surface area contributed by atoms with Gasteiger partial charge in [0.05, 0.1) is 25.3 Å². The first-order valence-electron chi connectivity index (χ1n) is 8.86. The number of likely N-dealkylation sites (tertiary alicyclic amines) is 2. The van der Waals surface area contributed by atoms with Gasteiger partial charge in [-0.1, -0.05) is 12.1 Å². The summed E-state index contributed by atoms with van der Waals surface area (Å²) >= 11 is 0. The Morgan fingerprint density at radius 1 is 1.16 bits per heavy atom. The van der Waals surface area contributed by atoms with Crippen LogP contribution in [0.4, 0.5) is 0 Å². The number of hydrogen-bond donors (Lipinski definition) is 0. The number of rotatable bonds is 5. The van der Waals surface area contributed by atoms with Gasteiger partial charge in [0.15, 0.2) is 0 Å². The van der Waals surface area contributed by atoms with Gasteiger partial charge in [0.25, 0.3) is 0 Å². The predicted octanol–water partition coefficient (Wildman–Crippen LogP) is 2.91. The van der Waals surface area contributed by atoms with Crippen molar-refractivity contribution < 1.29 is 13.9 Å². The molecule has 5 heteroatoms. The number of furan rings is 1. The van der Waals surface area contributed by atoms with Crippen LogP contribution in [0.1, 0.15) is 24.2 Å². The van der Waals surface area contributed by atoms with Crippen LogP contribution >= 0.6 is 0 Å². The fraction of sp³-hybridized carbons (Fsp3) is 0.450. The summed E-state index contributed by atoms with van der Waals surface area (Å²) < 4.78 is 10.7. The van der Waals surface area contributed by atoms with E-state index in [1.165, 1.54) is 0 Å². The highest BCUT2D eigenvalue weighted by molar-refractivity contribution is 5.85. The van der Waals surface area contributed by atoms with Crippen molar-refractivity contribution in [2.75, 3.05) is 26.7 Å². The second-order valence-electron chi connectivity index (χ2n) is 7.15. The van der Waals surface area contributed by atoms with Crippen molar-refractivity contribution in [3.8, 4) is 5.75 Å². The first-order chi connectivity index (χ1) is 12.2. The SMILES string of the molecule is COc1cccc(CN2CCC3(CCN(Cc4ccco4)C3)C2=O)c1. The first-order valence-corrected chi connectivity index (χ1v) is 8.86. The van der Waals surface area contributed by atoms with Gasteiger partial charge in [-0.05, 0) is 49.2 Å². The molecule has 1 spiro atoms. The molecular formula is C20H24N2O3. The van der Waals surface area contributed by atoms with Crippen LogP contribution in [0.15, 0.2) is 47.1 Å². The molecular weight excluding hydrogens is 316 g/mol. The standard InChI is InChI=1S/C20H24N2O3/c1-24-17-5-2-4-16(12-17)13-22-10-8-20(19(22)23)7-9-21(15-20)14-18-6-3-11-25-18/h2-6,11-12H,7-10,13-15H2,1H3. The highest BCUT2D eigenvalue weighted by Gasteiger charge is 2.50. The second-order valence-corrected chi connectivity index (χ2v) is 7.15. The van der Waals surface area contributed by atoms with Crippen LogP contribution < -0.4 is 4.74 Å². The zero-order valence-electron chi connectivity index (χ0n) is 14.6. The van der Waals surface area contributed by atoms with E-state index in [0.29, 0.717) is 12.5 Å². The Morgan fingerprint density at radius 3 is 2.84 bits per heavy atom. The van der Waals surface area contributed by atoms with Crippen molar-refractivity contribution in [1.82, 2.24) is 9.80 Å². The lowest BCUT2D eigenvalue weighted by Gasteiger charge is -2.23. The molecule has 1 aromatic heterocycles. The van der Waals surface area contributed by atoms with Gasteiger partial charge in [0.1, 0.15) is 11.5 Å². The summed E-state index contributed by atoms with van der Waals surface area (Å²) in [5, 5.41) is 0. The Hall–Kier alpha value is -2.27. The minimum absolute atomic E-state index is 0.203. The van der Waals surface area contributed by atoms with Gasteiger partial charge in [0, 0.05) is 19.6 Å². The third kappa shape index (κ3) is 3.16. The number of ether oxygens (including phenoxy) is 1. The summed E-state index contributed by atoms with van der Waals surface area (Å²) in [6.07, 6.45) is 3.60. The maximum atomic E-state index is 13.1. The van der Waals surface area contributed by atoms with Gasteiger partial charge >= 0.3 is 0 Å². The van der Waals surface area contributed by atoms with Crippen LogP contribution in [0.2, 0.25) is 0 Å². The maximum Gasteiger partial charge on any atom is 0.230 e. The zero-order chi connectivity index (χ0) is 17.3. The summed E-state index contributed by atoms with van der Waals surface area (Å²) in [7, 11) is 1.67. The number of hydrogen-bond acceptors (Lipinski definition) is 4. The molecule has 5 nitrogen and oxygen atoms in total. The molecule has 0 radical (unpaired) electrons. The predicted molar refractivity (Wildman–Crippen MR) is 94.1 cm³/mol. The van der Waals surface area contributed by atoms with Crippen LogP contribution in [0.25, 0.3) is 0 Å². The molecule has 2 aliphatic rings. The summed E-state index contributed by atoms with van der Waals surface area (Å²) in [5.41, 5.74) is 0.918. The molecule has 1 amide bonds. The molecule has 2 aromatic rings. The minimum atomic E-state index is -0.203. The smallest absolute Gasteiger partial charge is 0.230 e. The lowest BCUT2D eigenvalue weighted by atomic mass is 9.85. The molecule has 0 N–H and O–H groups in total. The minimum Gasteiger partial charge on any atom is -0.497 e. The number of carbonyl (C=O) groups is 1. The number of benzene rings is 1. The van der Waals surface area contributed by atoms with Crippen LogP contribution in [0.3, 0.4) is 0 Å².